The number of benzene rings is 1. The standard InChI is InChI=1S/C26H23N3O6S/c1-4-13-35-18-10-8-16(9-11-18)21(30)19-20(17-7-6-12-27-14-17)29(24(32)22(19)31)26-28-15(3)23(36-26)25(33)34-5-2/h4,6-12,14,20,30H,1,5,13H2,2-3H3/b21-19+. The van der Waals surface area contributed by atoms with Crippen LogP contribution in [0.5, 0.6) is 5.75 Å². The summed E-state index contributed by atoms with van der Waals surface area (Å²) >= 11 is 0.946. The number of ketones is 1. The van der Waals surface area contributed by atoms with E-state index < -0.39 is 23.7 Å². The zero-order chi connectivity index (χ0) is 25.8. The van der Waals surface area contributed by atoms with Gasteiger partial charge in [-0.25, -0.2) is 9.78 Å². The predicted molar refractivity (Wildman–Crippen MR) is 134 cm³/mol. The van der Waals surface area contributed by atoms with Gasteiger partial charge in [-0.15, -0.1) is 0 Å². The second-order valence-corrected chi connectivity index (χ2v) is 8.69. The van der Waals surface area contributed by atoms with Gasteiger partial charge in [-0.3, -0.25) is 19.5 Å². The van der Waals surface area contributed by atoms with Crippen LogP contribution in [0.25, 0.3) is 5.76 Å². The zero-order valence-electron chi connectivity index (χ0n) is 19.6. The molecule has 1 unspecified atom stereocenters. The average molecular weight is 506 g/mol. The molecule has 36 heavy (non-hydrogen) atoms. The number of carbonyl (C=O) groups is 3. The molecular weight excluding hydrogens is 482 g/mol. The number of carbonyl (C=O) groups excluding carboxylic acids is 3. The Hall–Kier alpha value is -4.31. The van der Waals surface area contributed by atoms with Gasteiger partial charge in [0.1, 0.15) is 23.0 Å². The van der Waals surface area contributed by atoms with E-state index in [9.17, 15) is 19.5 Å². The highest BCUT2D eigenvalue weighted by molar-refractivity contribution is 7.17. The summed E-state index contributed by atoms with van der Waals surface area (Å²) in [6.45, 7) is 7.42. The Labute approximate surface area is 211 Å². The van der Waals surface area contributed by atoms with Crippen LogP contribution in [0.1, 0.15) is 39.5 Å². The first-order valence-corrected chi connectivity index (χ1v) is 11.9. The summed E-state index contributed by atoms with van der Waals surface area (Å²) in [5.41, 5.74) is 1.08. The van der Waals surface area contributed by atoms with E-state index in [1.807, 2.05) is 0 Å². The minimum absolute atomic E-state index is 0.113. The van der Waals surface area contributed by atoms with Crippen molar-refractivity contribution in [3.8, 4) is 5.75 Å². The van der Waals surface area contributed by atoms with E-state index in [2.05, 4.69) is 16.5 Å². The monoisotopic (exact) mass is 505 g/mol. The van der Waals surface area contributed by atoms with Gasteiger partial charge in [0.2, 0.25) is 0 Å². The number of aromatic nitrogens is 2. The highest BCUT2D eigenvalue weighted by atomic mass is 32.1. The molecule has 184 valence electrons. The van der Waals surface area contributed by atoms with Crippen LogP contribution in [-0.2, 0) is 14.3 Å². The minimum atomic E-state index is -1.00. The smallest absolute Gasteiger partial charge is 0.350 e. The topological polar surface area (TPSA) is 119 Å². The maximum absolute atomic E-state index is 13.3. The molecule has 1 aromatic carbocycles. The second kappa shape index (κ2) is 10.5. The molecule has 3 heterocycles. The number of rotatable bonds is 8. The zero-order valence-corrected chi connectivity index (χ0v) is 20.4. The molecule has 2 aromatic heterocycles. The molecule has 1 atom stereocenters. The third-order valence-corrected chi connectivity index (χ3v) is 6.53. The number of amides is 1. The number of hydrogen-bond donors (Lipinski definition) is 1. The van der Waals surface area contributed by atoms with Gasteiger partial charge in [-0.2, -0.15) is 0 Å². The molecule has 3 aromatic rings. The van der Waals surface area contributed by atoms with Crippen molar-refractivity contribution in [1.29, 1.82) is 0 Å². The molecule has 0 saturated carbocycles. The lowest BCUT2D eigenvalue weighted by Gasteiger charge is -2.22. The fraction of sp³-hybridized carbons (Fsp3) is 0.192. The highest BCUT2D eigenvalue weighted by Crippen LogP contribution is 2.43. The van der Waals surface area contributed by atoms with Crippen molar-refractivity contribution in [2.75, 3.05) is 18.1 Å². The number of aliphatic hydroxyl groups excluding tert-OH is 1. The molecule has 1 amide bonds. The maximum Gasteiger partial charge on any atom is 0.350 e. The molecule has 4 rings (SSSR count). The van der Waals surface area contributed by atoms with Gasteiger partial charge in [-0.05, 0) is 49.7 Å². The lowest BCUT2D eigenvalue weighted by atomic mass is 9.96. The summed E-state index contributed by atoms with van der Waals surface area (Å²) in [6, 6.07) is 8.83. The molecule has 1 fully saturated rings. The number of ether oxygens (including phenoxy) is 2. The van der Waals surface area contributed by atoms with E-state index in [1.165, 1.54) is 11.1 Å². The summed E-state index contributed by atoms with van der Waals surface area (Å²) < 4.78 is 10.6. The van der Waals surface area contributed by atoms with Crippen LogP contribution in [0, 0.1) is 6.92 Å². The summed E-state index contributed by atoms with van der Waals surface area (Å²) in [4.78, 5) is 48.8. The summed E-state index contributed by atoms with van der Waals surface area (Å²) in [6.07, 6.45) is 4.68. The highest BCUT2D eigenvalue weighted by Gasteiger charge is 2.48. The molecule has 1 aliphatic rings. The predicted octanol–water partition coefficient (Wildman–Crippen LogP) is 4.21. The molecule has 9 nitrogen and oxygen atoms in total. The Bertz CT molecular complexity index is 1350. The minimum Gasteiger partial charge on any atom is -0.507 e. The van der Waals surface area contributed by atoms with E-state index in [-0.39, 0.29) is 27.9 Å². The normalized spacial score (nSPS) is 16.7. The number of thiazole rings is 1. The number of hydrogen-bond acceptors (Lipinski definition) is 9. The fourth-order valence-electron chi connectivity index (χ4n) is 3.77. The van der Waals surface area contributed by atoms with E-state index >= 15 is 0 Å². The van der Waals surface area contributed by atoms with Crippen LogP contribution in [-0.4, -0.2) is 45.9 Å². The first-order valence-electron chi connectivity index (χ1n) is 11.1. The molecule has 10 heteroatoms. The molecule has 1 N–H and O–H groups in total. The number of pyridine rings is 1. The Morgan fingerprint density at radius 3 is 2.64 bits per heavy atom. The van der Waals surface area contributed by atoms with Crippen molar-refractivity contribution < 1.29 is 29.0 Å². The first-order chi connectivity index (χ1) is 17.4. The quantitative estimate of drug-likeness (QED) is 0.159. The van der Waals surface area contributed by atoms with Crippen LogP contribution in [0.15, 0.2) is 67.0 Å². The van der Waals surface area contributed by atoms with Gasteiger partial charge in [0, 0.05) is 18.0 Å². The maximum atomic E-state index is 13.3. The van der Waals surface area contributed by atoms with E-state index in [0.29, 0.717) is 29.2 Å². The molecule has 1 aliphatic heterocycles. The van der Waals surface area contributed by atoms with Crippen LogP contribution >= 0.6 is 11.3 Å². The van der Waals surface area contributed by atoms with Crippen molar-refractivity contribution in [3.05, 3.63) is 88.7 Å². The second-order valence-electron chi connectivity index (χ2n) is 7.71. The lowest BCUT2D eigenvalue weighted by Crippen LogP contribution is -2.29. The van der Waals surface area contributed by atoms with E-state index in [1.54, 1.807) is 62.5 Å². The van der Waals surface area contributed by atoms with Crippen LogP contribution in [0.3, 0.4) is 0 Å². The number of Topliss-reactive ketones (excluding diaryl/α,β-unsaturated/α-hetero) is 1. The summed E-state index contributed by atoms with van der Waals surface area (Å²) in [5, 5.41) is 11.3. The van der Waals surface area contributed by atoms with Crippen molar-refractivity contribution in [2.45, 2.75) is 19.9 Å². The molecule has 0 radical (unpaired) electrons. The van der Waals surface area contributed by atoms with E-state index in [0.717, 1.165) is 11.3 Å². The molecule has 0 spiro atoms. The summed E-state index contributed by atoms with van der Waals surface area (Å²) in [5.74, 6) is -2.11. The number of nitrogens with zero attached hydrogens (tertiary/aromatic N) is 3. The molecule has 0 aliphatic carbocycles. The number of esters is 1. The van der Waals surface area contributed by atoms with Crippen molar-refractivity contribution in [1.82, 2.24) is 9.97 Å². The molecule has 1 saturated heterocycles. The third-order valence-electron chi connectivity index (χ3n) is 5.39. The van der Waals surface area contributed by atoms with E-state index in [4.69, 9.17) is 9.47 Å². The Morgan fingerprint density at radius 1 is 1.25 bits per heavy atom. The number of aliphatic hydroxyl groups is 1. The van der Waals surface area contributed by atoms with Crippen LogP contribution in [0.2, 0.25) is 0 Å². The third kappa shape index (κ3) is 4.63. The molecule has 0 bridgehead atoms. The Kier molecular flexibility index (Phi) is 7.25. The van der Waals surface area contributed by atoms with Crippen LogP contribution < -0.4 is 9.64 Å². The van der Waals surface area contributed by atoms with Crippen LogP contribution in [0.4, 0.5) is 5.13 Å². The van der Waals surface area contributed by atoms with Gasteiger partial charge in [0.25, 0.3) is 5.78 Å². The SMILES string of the molecule is C=CCOc1ccc(/C(O)=C2\C(=O)C(=O)N(c3nc(C)c(C(=O)OCC)s3)C2c2cccnc2)cc1. The number of aryl methyl sites for hydroxylation is 1. The summed E-state index contributed by atoms with van der Waals surface area (Å²) in [7, 11) is 0. The largest absolute Gasteiger partial charge is 0.507 e. The van der Waals surface area contributed by atoms with Crippen molar-refractivity contribution in [3.63, 3.8) is 0 Å². The average Bonchev–Trinajstić information content (AvgIpc) is 3.40. The van der Waals surface area contributed by atoms with Crippen molar-refractivity contribution >= 4 is 39.9 Å². The lowest BCUT2D eigenvalue weighted by molar-refractivity contribution is -0.132. The molecular formula is C26H23N3O6S. The Balaban J connectivity index is 1.83. The van der Waals surface area contributed by atoms with Gasteiger partial charge < -0.3 is 14.6 Å². The van der Waals surface area contributed by atoms with Gasteiger partial charge >= 0.3 is 11.9 Å². The van der Waals surface area contributed by atoms with Gasteiger partial charge in [0.15, 0.2) is 5.13 Å². The fourth-order valence-corrected chi connectivity index (χ4v) is 4.76. The first kappa shape index (κ1) is 24.8. The van der Waals surface area contributed by atoms with Crippen molar-refractivity contribution in [2.24, 2.45) is 0 Å². The Morgan fingerprint density at radius 2 is 2.00 bits per heavy atom. The van der Waals surface area contributed by atoms with Gasteiger partial charge in [0.05, 0.1) is 23.9 Å². The number of anilines is 1. The van der Waals surface area contributed by atoms with Gasteiger partial charge in [-0.1, -0.05) is 30.1 Å².